The minimum Gasteiger partial charge on any atom is -0.508 e. The van der Waals surface area contributed by atoms with Gasteiger partial charge >= 0.3 is 5.97 Å². The molecular formula is C16H7F4NO4. The van der Waals surface area contributed by atoms with Gasteiger partial charge in [0.05, 0.1) is 16.6 Å². The number of nitrogens with zero attached hydrogens (tertiary/aromatic N) is 1. The molecule has 0 saturated heterocycles. The van der Waals surface area contributed by atoms with Crippen LogP contribution in [-0.2, 0) is 0 Å². The lowest BCUT2D eigenvalue weighted by atomic mass is 10.1. The smallest absolute Gasteiger partial charge is 0.341 e. The normalized spacial score (nSPS) is 11.0. The van der Waals surface area contributed by atoms with E-state index in [4.69, 9.17) is 5.11 Å². The Bertz CT molecular complexity index is 1110. The molecule has 0 aliphatic heterocycles. The van der Waals surface area contributed by atoms with Crippen molar-refractivity contribution >= 4 is 16.9 Å². The molecule has 0 aliphatic carbocycles. The van der Waals surface area contributed by atoms with E-state index in [2.05, 4.69) is 0 Å². The predicted octanol–water partition coefficient (Wildman–Crippen LogP) is 2.95. The van der Waals surface area contributed by atoms with Gasteiger partial charge in [-0.2, -0.15) is 0 Å². The molecule has 0 fully saturated rings. The van der Waals surface area contributed by atoms with Gasteiger partial charge < -0.3 is 14.8 Å². The summed E-state index contributed by atoms with van der Waals surface area (Å²) in [7, 11) is 0. The number of halogens is 4. The lowest BCUT2D eigenvalue weighted by molar-refractivity contribution is 0.0695. The van der Waals surface area contributed by atoms with Gasteiger partial charge in [0.2, 0.25) is 5.43 Å². The number of aromatic nitrogens is 1. The molecule has 2 aromatic carbocycles. The number of rotatable bonds is 2. The molecule has 0 bridgehead atoms. The fourth-order valence-corrected chi connectivity index (χ4v) is 2.42. The van der Waals surface area contributed by atoms with Gasteiger partial charge in [-0.3, -0.25) is 4.79 Å². The van der Waals surface area contributed by atoms with E-state index in [1.807, 2.05) is 0 Å². The molecule has 2 N–H and O–H groups in total. The summed E-state index contributed by atoms with van der Waals surface area (Å²) in [5.41, 5.74) is -3.46. The lowest BCUT2D eigenvalue weighted by Gasteiger charge is -2.14. The highest BCUT2D eigenvalue weighted by atomic mass is 19.2. The summed E-state index contributed by atoms with van der Waals surface area (Å²) in [6.45, 7) is 0. The molecule has 0 radical (unpaired) electrons. The third-order valence-electron chi connectivity index (χ3n) is 3.55. The average Bonchev–Trinajstić information content (AvgIpc) is 2.54. The van der Waals surface area contributed by atoms with Crippen molar-refractivity contribution < 1.29 is 32.6 Å². The number of carbonyl (C=O) groups is 1. The predicted molar refractivity (Wildman–Crippen MR) is 78.0 cm³/mol. The maximum Gasteiger partial charge on any atom is 0.341 e. The molecule has 0 unspecified atom stereocenters. The molecule has 25 heavy (non-hydrogen) atoms. The van der Waals surface area contributed by atoms with E-state index in [9.17, 15) is 32.3 Å². The number of carboxylic acids is 1. The van der Waals surface area contributed by atoms with E-state index in [0.29, 0.717) is 22.9 Å². The second kappa shape index (κ2) is 5.62. The van der Waals surface area contributed by atoms with Gasteiger partial charge in [0, 0.05) is 12.3 Å². The van der Waals surface area contributed by atoms with Crippen LogP contribution in [-0.4, -0.2) is 20.7 Å². The highest BCUT2D eigenvalue weighted by Crippen LogP contribution is 2.27. The number of phenolic OH excluding ortho intramolecular Hbond substituents is 1. The molecule has 128 valence electrons. The van der Waals surface area contributed by atoms with E-state index < -0.39 is 62.6 Å². The highest BCUT2D eigenvalue weighted by molar-refractivity contribution is 5.93. The van der Waals surface area contributed by atoms with Crippen LogP contribution in [0.15, 0.2) is 35.3 Å². The highest BCUT2D eigenvalue weighted by Gasteiger charge is 2.23. The molecule has 9 heteroatoms. The van der Waals surface area contributed by atoms with Crippen LogP contribution in [0.2, 0.25) is 0 Å². The van der Waals surface area contributed by atoms with Gasteiger partial charge in [0.25, 0.3) is 0 Å². The Morgan fingerprint density at radius 1 is 1.00 bits per heavy atom. The summed E-state index contributed by atoms with van der Waals surface area (Å²) in [4.78, 5) is 23.3. The Balaban J connectivity index is 2.57. The van der Waals surface area contributed by atoms with Crippen LogP contribution in [0.1, 0.15) is 10.4 Å². The molecule has 0 aliphatic rings. The van der Waals surface area contributed by atoms with Gasteiger partial charge in [0.15, 0.2) is 23.3 Å². The molecule has 1 heterocycles. The number of hydrogen-bond donors (Lipinski definition) is 2. The third-order valence-corrected chi connectivity index (χ3v) is 3.55. The third kappa shape index (κ3) is 2.49. The molecular weight excluding hydrogens is 346 g/mol. The van der Waals surface area contributed by atoms with Gasteiger partial charge in [-0.05, 0) is 18.2 Å². The Morgan fingerprint density at radius 2 is 1.68 bits per heavy atom. The lowest BCUT2D eigenvalue weighted by Crippen LogP contribution is -2.20. The largest absolute Gasteiger partial charge is 0.508 e. The summed E-state index contributed by atoms with van der Waals surface area (Å²) in [5, 5.41) is 17.6. The Kier molecular flexibility index (Phi) is 3.71. The SMILES string of the molecule is O=C(O)c1cn(-c2ccc(O)cc2F)c2c(F)c(F)c(F)cc2c1=O. The van der Waals surface area contributed by atoms with Crippen molar-refractivity contribution in [2.45, 2.75) is 0 Å². The first-order valence-corrected chi connectivity index (χ1v) is 6.67. The van der Waals surface area contributed by atoms with E-state index in [1.165, 1.54) is 0 Å². The van der Waals surface area contributed by atoms with Crippen molar-refractivity contribution in [3.05, 3.63) is 69.5 Å². The summed E-state index contributed by atoms with van der Waals surface area (Å²) in [6, 6.07) is 2.97. The van der Waals surface area contributed by atoms with Crippen LogP contribution in [0.5, 0.6) is 5.75 Å². The average molecular weight is 353 g/mol. The number of hydrogen-bond acceptors (Lipinski definition) is 3. The minimum absolute atomic E-state index is 0.345. The molecule has 1 aromatic heterocycles. The fourth-order valence-electron chi connectivity index (χ4n) is 2.42. The fraction of sp³-hybridized carbons (Fsp3) is 0. The van der Waals surface area contributed by atoms with E-state index >= 15 is 0 Å². The van der Waals surface area contributed by atoms with Gasteiger partial charge in [-0.1, -0.05) is 0 Å². The second-order valence-corrected chi connectivity index (χ2v) is 5.07. The van der Waals surface area contributed by atoms with Crippen molar-refractivity contribution in [1.82, 2.24) is 4.57 Å². The van der Waals surface area contributed by atoms with Crippen LogP contribution in [0, 0.1) is 23.3 Å². The van der Waals surface area contributed by atoms with Crippen molar-refractivity contribution in [3.8, 4) is 11.4 Å². The van der Waals surface area contributed by atoms with E-state index in [-0.39, 0.29) is 0 Å². The monoisotopic (exact) mass is 353 g/mol. The summed E-state index contributed by atoms with van der Waals surface area (Å²) < 4.78 is 56.0. The van der Waals surface area contributed by atoms with Crippen LogP contribution in [0.25, 0.3) is 16.6 Å². The molecule has 0 saturated carbocycles. The molecule has 0 atom stereocenters. The number of aromatic carboxylic acids is 1. The van der Waals surface area contributed by atoms with Gasteiger partial charge in [-0.15, -0.1) is 0 Å². The first kappa shape index (κ1) is 16.5. The standard InChI is InChI=1S/C16H7F4NO4/c17-9-3-6(22)1-2-11(9)21-5-8(16(24)25)15(23)7-4-10(18)12(19)13(20)14(7)21/h1-5,22H,(H,24,25). The quantitative estimate of drug-likeness (QED) is 0.548. The number of pyridine rings is 1. The summed E-state index contributed by atoms with van der Waals surface area (Å²) in [6.07, 6.45) is 0.600. The van der Waals surface area contributed by atoms with Crippen molar-refractivity contribution in [2.75, 3.05) is 0 Å². The van der Waals surface area contributed by atoms with Crippen molar-refractivity contribution in [3.63, 3.8) is 0 Å². The zero-order chi connectivity index (χ0) is 18.5. The van der Waals surface area contributed by atoms with E-state index in [0.717, 1.165) is 12.1 Å². The maximum atomic E-state index is 14.2. The second-order valence-electron chi connectivity index (χ2n) is 5.07. The molecule has 0 spiro atoms. The Labute approximate surface area is 136 Å². The number of phenols is 1. The van der Waals surface area contributed by atoms with Crippen molar-refractivity contribution in [2.24, 2.45) is 0 Å². The van der Waals surface area contributed by atoms with E-state index in [1.54, 1.807) is 0 Å². The Hall–Kier alpha value is -3.36. The van der Waals surface area contributed by atoms with Crippen LogP contribution >= 0.6 is 0 Å². The first-order chi connectivity index (χ1) is 11.7. The van der Waals surface area contributed by atoms with Crippen LogP contribution in [0.3, 0.4) is 0 Å². The van der Waals surface area contributed by atoms with Crippen molar-refractivity contribution in [1.29, 1.82) is 0 Å². The number of fused-ring (bicyclic) bond motifs is 1. The molecule has 3 aromatic rings. The summed E-state index contributed by atoms with van der Waals surface area (Å²) in [5.74, 6) is -8.67. The zero-order valence-electron chi connectivity index (χ0n) is 12.1. The number of aromatic hydroxyl groups is 1. The summed E-state index contributed by atoms with van der Waals surface area (Å²) >= 11 is 0. The Morgan fingerprint density at radius 3 is 2.28 bits per heavy atom. The molecule has 3 rings (SSSR count). The first-order valence-electron chi connectivity index (χ1n) is 6.67. The number of carboxylic acid groups (broad SMARTS) is 1. The maximum absolute atomic E-state index is 14.2. The minimum atomic E-state index is -1.90. The van der Waals surface area contributed by atoms with Crippen LogP contribution < -0.4 is 5.43 Å². The number of benzene rings is 2. The van der Waals surface area contributed by atoms with Gasteiger partial charge in [-0.25, -0.2) is 22.4 Å². The molecule has 0 amide bonds. The van der Waals surface area contributed by atoms with Crippen LogP contribution in [0.4, 0.5) is 17.6 Å². The van der Waals surface area contributed by atoms with Gasteiger partial charge in [0.1, 0.15) is 11.3 Å². The topological polar surface area (TPSA) is 79.5 Å². The molecule has 5 nitrogen and oxygen atoms in total. The zero-order valence-corrected chi connectivity index (χ0v) is 12.1.